The predicted octanol–water partition coefficient (Wildman–Crippen LogP) is -6.55. The van der Waals surface area contributed by atoms with Crippen molar-refractivity contribution in [3.8, 4) is 0 Å². The number of aliphatic hydroxyl groups excluding tert-OH is 10. The van der Waals surface area contributed by atoms with Gasteiger partial charge in [-0.2, -0.15) is 0 Å². The first-order valence-electron chi connectivity index (χ1n) is 10.4. The van der Waals surface area contributed by atoms with Crippen molar-refractivity contribution in [2.24, 2.45) is 0 Å². The standard InChI is InChI=1S/C18H32O15/c1-4-14(9(23)11(25)16(28)29-4)32-18-13(27)10(24)15(6(3-20)31-18)33-17-12(26)8(22)7(21)5(2-19)30-17/h4-28H,2-3H2,1H3/t4-,5+,6+,7+,8-,9+,10+,11-,12+,13+,14-,15+,16+,17-,18-/m1/s1. The highest BCUT2D eigenvalue weighted by Gasteiger charge is 2.52. The third kappa shape index (κ3) is 5.32. The average Bonchev–Trinajstić information content (AvgIpc) is 2.79. The van der Waals surface area contributed by atoms with E-state index in [1.165, 1.54) is 6.92 Å². The molecule has 3 heterocycles. The Hall–Kier alpha value is -0.600. The maximum Gasteiger partial charge on any atom is 0.187 e. The molecule has 0 aromatic rings. The van der Waals surface area contributed by atoms with Crippen molar-refractivity contribution in [3.63, 3.8) is 0 Å². The topological polar surface area (TPSA) is 248 Å². The lowest BCUT2D eigenvalue weighted by Crippen LogP contribution is -2.66. The van der Waals surface area contributed by atoms with Gasteiger partial charge < -0.3 is 74.7 Å². The number of hydrogen-bond donors (Lipinski definition) is 10. The van der Waals surface area contributed by atoms with Gasteiger partial charge in [0.15, 0.2) is 18.9 Å². The van der Waals surface area contributed by atoms with Gasteiger partial charge in [-0.15, -0.1) is 0 Å². The van der Waals surface area contributed by atoms with E-state index < -0.39 is 105 Å². The molecule has 3 aliphatic heterocycles. The number of aliphatic hydroxyl groups is 10. The fourth-order valence-electron chi connectivity index (χ4n) is 4.03. The summed E-state index contributed by atoms with van der Waals surface area (Å²) in [5, 5.41) is 99.5. The first kappa shape index (κ1) is 27.0. The molecule has 0 aliphatic carbocycles. The first-order valence-corrected chi connectivity index (χ1v) is 10.4. The van der Waals surface area contributed by atoms with Gasteiger partial charge in [-0.3, -0.25) is 0 Å². The molecule has 3 saturated heterocycles. The maximum absolute atomic E-state index is 10.6. The summed E-state index contributed by atoms with van der Waals surface area (Å²) in [6.07, 6.45) is -23.6. The molecule has 15 heteroatoms. The third-order valence-electron chi connectivity index (χ3n) is 6.05. The largest absolute Gasteiger partial charge is 0.394 e. The highest BCUT2D eigenvalue weighted by Crippen LogP contribution is 2.32. The Balaban J connectivity index is 1.70. The minimum Gasteiger partial charge on any atom is -0.394 e. The molecule has 0 radical (unpaired) electrons. The molecule has 3 fully saturated rings. The molecule has 0 bridgehead atoms. The zero-order valence-electron chi connectivity index (χ0n) is 17.6. The fourth-order valence-corrected chi connectivity index (χ4v) is 4.03. The first-order chi connectivity index (χ1) is 15.5. The van der Waals surface area contributed by atoms with Gasteiger partial charge in [-0.1, -0.05) is 0 Å². The molecule has 15 nitrogen and oxygen atoms in total. The average molecular weight is 488 g/mol. The summed E-state index contributed by atoms with van der Waals surface area (Å²) in [4.78, 5) is 0. The van der Waals surface area contributed by atoms with Crippen LogP contribution in [-0.2, 0) is 23.7 Å². The SMILES string of the molecule is C[C@H]1O[C@H](O)[C@H](O)[C@H](O)[C@@H]1O[C@H]1O[C@@H](CO)[C@H](O[C@H]2O[C@@H](CO)[C@H](O)[C@@H](O)[C@@H]2O)[C@@H](O)[C@@H]1O. The van der Waals surface area contributed by atoms with Crippen molar-refractivity contribution >= 4 is 0 Å². The van der Waals surface area contributed by atoms with E-state index in [1.54, 1.807) is 0 Å². The van der Waals surface area contributed by atoms with Gasteiger partial charge >= 0.3 is 0 Å². The van der Waals surface area contributed by atoms with Gasteiger partial charge in [0, 0.05) is 0 Å². The van der Waals surface area contributed by atoms with Crippen molar-refractivity contribution in [2.45, 2.75) is 99.0 Å². The fraction of sp³-hybridized carbons (Fsp3) is 1.00. The van der Waals surface area contributed by atoms with Gasteiger partial charge in [0.1, 0.15) is 67.1 Å². The number of hydrogen-bond acceptors (Lipinski definition) is 15. The summed E-state index contributed by atoms with van der Waals surface area (Å²) in [5.74, 6) is 0. The van der Waals surface area contributed by atoms with Crippen molar-refractivity contribution in [1.29, 1.82) is 0 Å². The lowest BCUT2D eigenvalue weighted by atomic mass is 9.96. The van der Waals surface area contributed by atoms with Crippen LogP contribution in [0.15, 0.2) is 0 Å². The maximum atomic E-state index is 10.6. The monoisotopic (exact) mass is 488 g/mol. The van der Waals surface area contributed by atoms with Crippen LogP contribution in [-0.4, -0.2) is 156 Å². The van der Waals surface area contributed by atoms with E-state index in [2.05, 4.69) is 0 Å². The van der Waals surface area contributed by atoms with Crippen LogP contribution in [0.5, 0.6) is 0 Å². The molecule has 3 aliphatic rings. The Bertz CT molecular complexity index is 622. The Labute approximate surface area is 187 Å². The van der Waals surface area contributed by atoms with E-state index in [1.807, 2.05) is 0 Å². The van der Waals surface area contributed by atoms with E-state index in [-0.39, 0.29) is 0 Å². The van der Waals surface area contributed by atoms with E-state index in [0.29, 0.717) is 0 Å². The molecule has 0 aromatic carbocycles. The smallest absolute Gasteiger partial charge is 0.187 e. The number of rotatable bonds is 6. The molecule has 33 heavy (non-hydrogen) atoms. The van der Waals surface area contributed by atoms with Crippen LogP contribution in [0.2, 0.25) is 0 Å². The van der Waals surface area contributed by atoms with Crippen molar-refractivity contribution in [2.75, 3.05) is 13.2 Å². The highest BCUT2D eigenvalue weighted by atomic mass is 16.8. The van der Waals surface area contributed by atoms with Crippen LogP contribution >= 0.6 is 0 Å². The molecular weight excluding hydrogens is 456 g/mol. The quantitative estimate of drug-likeness (QED) is 0.167. The normalized spacial score (nSPS) is 53.7. The van der Waals surface area contributed by atoms with E-state index >= 15 is 0 Å². The van der Waals surface area contributed by atoms with Gasteiger partial charge in [-0.05, 0) is 6.92 Å². The van der Waals surface area contributed by atoms with E-state index in [4.69, 9.17) is 23.7 Å². The van der Waals surface area contributed by atoms with Crippen LogP contribution in [0.3, 0.4) is 0 Å². The Morgan fingerprint density at radius 2 is 1.03 bits per heavy atom. The predicted molar refractivity (Wildman–Crippen MR) is 99.8 cm³/mol. The zero-order valence-corrected chi connectivity index (χ0v) is 17.6. The van der Waals surface area contributed by atoms with Crippen LogP contribution in [0.1, 0.15) is 6.92 Å². The molecule has 0 spiro atoms. The minimum atomic E-state index is -1.83. The Kier molecular flexibility index (Phi) is 8.99. The van der Waals surface area contributed by atoms with Crippen LogP contribution < -0.4 is 0 Å². The molecule has 15 atom stereocenters. The summed E-state index contributed by atoms with van der Waals surface area (Å²) in [6.45, 7) is -0.0729. The molecule has 0 aromatic heterocycles. The van der Waals surface area contributed by atoms with Gasteiger partial charge in [0.05, 0.1) is 19.3 Å². The Morgan fingerprint density at radius 1 is 0.545 bits per heavy atom. The second kappa shape index (κ2) is 11.0. The molecule has 0 amide bonds. The van der Waals surface area contributed by atoms with Gasteiger partial charge in [0.2, 0.25) is 0 Å². The van der Waals surface area contributed by atoms with Crippen LogP contribution in [0.25, 0.3) is 0 Å². The summed E-state index contributed by atoms with van der Waals surface area (Å²) in [7, 11) is 0. The summed E-state index contributed by atoms with van der Waals surface area (Å²) in [5.41, 5.74) is 0. The minimum absolute atomic E-state index is 0.721. The number of ether oxygens (including phenoxy) is 5. The second-order valence-electron chi connectivity index (χ2n) is 8.32. The molecule has 194 valence electrons. The second-order valence-corrected chi connectivity index (χ2v) is 8.32. The van der Waals surface area contributed by atoms with Crippen molar-refractivity contribution in [3.05, 3.63) is 0 Å². The summed E-state index contributed by atoms with van der Waals surface area (Å²) in [6, 6.07) is 0. The van der Waals surface area contributed by atoms with Crippen LogP contribution in [0, 0.1) is 0 Å². The summed E-state index contributed by atoms with van der Waals surface area (Å²) >= 11 is 0. The van der Waals surface area contributed by atoms with Crippen molar-refractivity contribution in [1.82, 2.24) is 0 Å². The van der Waals surface area contributed by atoms with Crippen LogP contribution in [0.4, 0.5) is 0 Å². The van der Waals surface area contributed by atoms with E-state index in [0.717, 1.165) is 0 Å². The van der Waals surface area contributed by atoms with Gasteiger partial charge in [0.25, 0.3) is 0 Å². The molecule has 0 saturated carbocycles. The third-order valence-corrected chi connectivity index (χ3v) is 6.05. The van der Waals surface area contributed by atoms with E-state index in [9.17, 15) is 51.1 Å². The highest BCUT2D eigenvalue weighted by molar-refractivity contribution is 4.95. The van der Waals surface area contributed by atoms with Crippen molar-refractivity contribution < 1.29 is 74.7 Å². The lowest BCUT2D eigenvalue weighted by molar-refractivity contribution is -0.376. The zero-order chi connectivity index (χ0) is 24.6. The molecule has 10 N–H and O–H groups in total. The molecule has 3 rings (SSSR count). The lowest BCUT2D eigenvalue weighted by Gasteiger charge is -2.47. The Morgan fingerprint density at radius 3 is 1.61 bits per heavy atom. The summed E-state index contributed by atoms with van der Waals surface area (Å²) < 4.78 is 26.6. The molecular formula is C18H32O15. The van der Waals surface area contributed by atoms with Gasteiger partial charge in [-0.25, -0.2) is 0 Å². The molecule has 0 unspecified atom stereocenters.